The number of carbonyl (C=O) groups excluding carboxylic acids is 1. The maximum atomic E-state index is 13.3. The topological polar surface area (TPSA) is 189 Å². The van der Waals surface area contributed by atoms with Crippen LogP contribution in [0.1, 0.15) is 418 Å². The van der Waals surface area contributed by atoms with Crippen LogP contribution in [0.3, 0.4) is 0 Å². The molecule has 0 radical (unpaired) electrons. The van der Waals surface area contributed by atoms with Gasteiger partial charge in [-0.3, -0.25) is 4.79 Å². The number of rotatable bonds is 72. The van der Waals surface area contributed by atoms with Crippen LogP contribution in [0.15, 0.2) is 12.2 Å². The second-order valence-electron chi connectivity index (χ2n) is 28.5. The van der Waals surface area contributed by atoms with E-state index >= 15 is 0 Å². The van der Waals surface area contributed by atoms with Gasteiger partial charge in [-0.05, 0) is 38.5 Å². The second kappa shape index (κ2) is 67.8. The van der Waals surface area contributed by atoms with Crippen LogP contribution in [0.5, 0.6) is 0 Å². The number of allylic oxidation sites excluding steroid dienone is 2. The Morgan fingerprint density at radius 2 is 0.656 bits per heavy atom. The molecule has 9 unspecified atom stereocenters. The van der Waals surface area contributed by atoms with Crippen molar-refractivity contribution in [2.24, 2.45) is 0 Å². The van der Waals surface area contributed by atoms with E-state index in [2.05, 4.69) is 31.3 Å². The van der Waals surface area contributed by atoms with E-state index in [0.717, 1.165) is 32.1 Å². The van der Waals surface area contributed by atoms with Crippen molar-refractivity contribution in [2.75, 3.05) is 13.2 Å². The smallest absolute Gasteiger partial charge is 0.249 e. The lowest BCUT2D eigenvalue weighted by Gasteiger charge is -2.40. The van der Waals surface area contributed by atoms with Gasteiger partial charge in [-0.15, -0.1) is 0 Å². The maximum Gasteiger partial charge on any atom is 0.249 e. The van der Waals surface area contributed by atoms with Crippen LogP contribution in [0.25, 0.3) is 0 Å². The standard InChI is InChI=1S/C79H155NO10/c1-3-5-7-9-11-13-15-17-19-21-23-25-27-29-31-33-35-37-38-40-42-44-46-48-50-52-54-56-58-60-62-64-66-71(82)74(84)70(69-89-79-77(87)76(86)75(85)73(68-81)90-79)80-78(88)72(83)67-65-63-61-59-57-55-53-51-49-47-45-43-41-39-36-34-32-30-28-26-24-22-20-18-16-14-12-10-8-6-4-2/h58,60,70-77,79,81-87H,3-57,59,61-69H2,1-2H3,(H,80,88)/b60-58+. The van der Waals surface area contributed by atoms with Gasteiger partial charge in [0.1, 0.15) is 36.6 Å². The molecule has 0 bridgehead atoms. The molecule has 0 aromatic heterocycles. The molecule has 1 amide bonds. The summed E-state index contributed by atoms with van der Waals surface area (Å²) in [6.07, 6.45) is 74.8. The van der Waals surface area contributed by atoms with Gasteiger partial charge in [0.2, 0.25) is 5.91 Å². The highest BCUT2D eigenvalue weighted by molar-refractivity contribution is 5.80. The Kier molecular flexibility index (Phi) is 65.5. The fourth-order valence-electron chi connectivity index (χ4n) is 13.5. The molecular weight excluding hydrogens is 1120 g/mol. The molecule has 9 atom stereocenters. The third-order valence-corrected chi connectivity index (χ3v) is 19.8. The number of hydrogen-bond acceptors (Lipinski definition) is 10. The third-order valence-electron chi connectivity index (χ3n) is 19.8. The number of nitrogens with one attached hydrogen (secondary N) is 1. The van der Waals surface area contributed by atoms with Gasteiger partial charge in [0.15, 0.2) is 6.29 Å². The second-order valence-corrected chi connectivity index (χ2v) is 28.5. The summed E-state index contributed by atoms with van der Waals surface area (Å²) in [7, 11) is 0. The van der Waals surface area contributed by atoms with E-state index in [1.807, 2.05) is 0 Å². The predicted molar refractivity (Wildman–Crippen MR) is 381 cm³/mol. The average Bonchev–Trinajstić information content (AvgIpc) is 1.45. The number of aliphatic hydroxyl groups excluding tert-OH is 7. The first-order valence-electron chi connectivity index (χ1n) is 40.1. The van der Waals surface area contributed by atoms with E-state index in [1.165, 1.54) is 347 Å². The molecule has 0 aromatic rings. The highest BCUT2D eigenvalue weighted by Gasteiger charge is 2.44. The maximum absolute atomic E-state index is 13.3. The highest BCUT2D eigenvalue weighted by Crippen LogP contribution is 2.25. The summed E-state index contributed by atoms with van der Waals surface area (Å²) in [5.74, 6) is -0.696. The fourth-order valence-corrected chi connectivity index (χ4v) is 13.5. The van der Waals surface area contributed by atoms with Crippen LogP contribution < -0.4 is 5.32 Å². The van der Waals surface area contributed by atoms with Crippen LogP contribution in [0.2, 0.25) is 0 Å². The zero-order valence-electron chi connectivity index (χ0n) is 59.7. The lowest BCUT2D eigenvalue weighted by molar-refractivity contribution is -0.303. The van der Waals surface area contributed by atoms with Crippen molar-refractivity contribution in [3.8, 4) is 0 Å². The molecule has 1 saturated heterocycles. The number of carbonyl (C=O) groups is 1. The lowest BCUT2D eigenvalue weighted by Crippen LogP contribution is -2.60. The molecule has 0 aliphatic carbocycles. The zero-order chi connectivity index (χ0) is 65.3. The Labute approximate surface area is 557 Å². The van der Waals surface area contributed by atoms with Crippen LogP contribution in [-0.2, 0) is 14.3 Å². The molecule has 0 aromatic carbocycles. The molecule has 1 rings (SSSR count). The van der Waals surface area contributed by atoms with Crippen LogP contribution >= 0.6 is 0 Å². The molecule has 1 aliphatic heterocycles. The Morgan fingerprint density at radius 1 is 0.378 bits per heavy atom. The Hall–Kier alpha value is -1.15. The zero-order valence-corrected chi connectivity index (χ0v) is 59.7. The van der Waals surface area contributed by atoms with Crippen LogP contribution in [-0.4, -0.2) is 110 Å². The Balaban J connectivity index is 2.14. The van der Waals surface area contributed by atoms with Gasteiger partial charge in [0.05, 0.1) is 25.4 Å². The molecular formula is C79H155NO10. The molecule has 90 heavy (non-hydrogen) atoms. The van der Waals surface area contributed by atoms with Crippen molar-refractivity contribution in [1.82, 2.24) is 5.32 Å². The van der Waals surface area contributed by atoms with Crippen LogP contribution in [0.4, 0.5) is 0 Å². The van der Waals surface area contributed by atoms with Gasteiger partial charge >= 0.3 is 0 Å². The van der Waals surface area contributed by atoms with Gasteiger partial charge in [0.25, 0.3) is 0 Å². The van der Waals surface area contributed by atoms with Gasteiger partial charge < -0.3 is 50.5 Å². The summed E-state index contributed by atoms with van der Waals surface area (Å²) in [4.78, 5) is 13.3. The number of amides is 1. The largest absolute Gasteiger partial charge is 0.394 e. The third kappa shape index (κ3) is 54.0. The quantitative estimate of drug-likeness (QED) is 0.0215. The minimum Gasteiger partial charge on any atom is -0.394 e. The summed E-state index contributed by atoms with van der Waals surface area (Å²) in [5, 5.41) is 76.7. The normalized spacial score (nSPS) is 18.4. The van der Waals surface area contributed by atoms with Gasteiger partial charge in [0, 0.05) is 0 Å². The molecule has 1 fully saturated rings. The van der Waals surface area contributed by atoms with Gasteiger partial charge in [-0.2, -0.15) is 0 Å². The van der Waals surface area contributed by atoms with Crippen LogP contribution in [0, 0.1) is 0 Å². The van der Waals surface area contributed by atoms with E-state index in [-0.39, 0.29) is 12.8 Å². The molecule has 0 spiro atoms. The molecule has 8 N–H and O–H groups in total. The molecule has 11 heteroatoms. The fraction of sp³-hybridized carbons (Fsp3) is 0.962. The van der Waals surface area contributed by atoms with Crippen molar-refractivity contribution in [3.05, 3.63) is 12.2 Å². The minimum atomic E-state index is -1.67. The first kappa shape index (κ1) is 86.9. The Morgan fingerprint density at radius 3 is 0.956 bits per heavy atom. The summed E-state index contributed by atoms with van der Waals surface area (Å²) in [6, 6.07) is -1.18. The summed E-state index contributed by atoms with van der Waals surface area (Å²) < 4.78 is 11.2. The first-order valence-corrected chi connectivity index (χ1v) is 40.1. The van der Waals surface area contributed by atoms with Crippen molar-refractivity contribution in [1.29, 1.82) is 0 Å². The minimum absolute atomic E-state index is 0.260. The number of aliphatic hydroxyl groups is 7. The van der Waals surface area contributed by atoms with Gasteiger partial charge in [-0.1, -0.05) is 392 Å². The first-order chi connectivity index (χ1) is 44.2. The van der Waals surface area contributed by atoms with E-state index < -0.39 is 74.2 Å². The molecule has 1 heterocycles. The number of hydrogen-bond donors (Lipinski definition) is 8. The monoisotopic (exact) mass is 1280 g/mol. The molecule has 536 valence electrons. The average molecular weight is 1280 g/mol. The van der Waals surface area contributed by atoms with E-state index in [4.69, 9.17) is 9.47 Å². The van der Waals surface area contributed by atoms with Crippen molar-refractivity contribution >= 4 is 5.91 Å². The number of unbranched alkanes of at least 4 members (excludes halogenated alkanes) is 58. The van der Waals surface area contributed by atoms with E-state index in [1.54, 1.807) is 0 Å². The van der Waals surface area contributed by atoms with Crippen molar-refractivity contribution in [2.45, 2.75) is 473 Å². The lowest BCUT2D eigenvalue weighted by atomic mass is 9.98. The Bertz CT molecular complexity index is 1470. The van der Waals surface area contributed by atoms with Crippen molar-refractivity contribution in [3.63, 3.8) is 0 Å². The number of ether oxygens (including phenoxy) is 2. The van der Waals surface area contributed by atoms with E-state index in [9.17, 15) is 40.5 Å². The summed E-state index contributed by atoms with van der Waals surface area (Å²) in [5.41, 5.74) is 0. The molecule has 0 saturated carbocycles. The highest BCUT2D eigenvalue weighted by atomic mass is 16.7. The van der Waals surface area contributed by atoms with E-state index in [0.29, 0.717) is 12.8 Å². The summed E-state index contributed by atoms with van der Waals surface area (Å²) in [6.45, 7) is 3.52. The molecule has 1 aliphatic rings. The van der Waals surface area contributed by atoms with Crippen molar-refractivity contribution < 1.29 is 50.0 Å². The SMILES string of the molecule is CCCCCCCCCCCCCCCCCCCCCCCCCCCCC/C=C/CCCC(O)C(O)C(COC1OC(CO)C(O)C(O)C1O)NC(=O)C(O)CCCCCCCCCCCCCCCCCCCCCCCCCCCCCCCCC. The van der Waals surface area contributed by atoms with Gasteiger partial charge in [-0.25, -0.2) is 0 Å². The predicted octanol–water partition coefficient (Wildman–Crippen LogP) is 20.5. The summed E-state index contributed by atoms with van der Waals surface area (Å²) >= 11 is 0. The molecule has 11 nitrogen and oxygen atoms in total.